The smallest absolute Gasteiger partial charge is 0.356 e. The summed E-state index contributed by atoms with van der Waals surface area (Å²) in [4.78, 5) is 25.2. The van der Waals surface area contributed by atoms with Crippen molar-refractivity contribution in [2.24, 2.45) is 0 Å². The van der Waals surface area contributed by atoms with Gasteiger partial charge in [-0.1, -0.05) is 11.6 Å². The molecule has 0 radical (unpaired) electrons. The van der Waals surface area contributed by atoms with Crippen LogP contribution < -0.4 is 0 Å². The lowest BCUT2D eigenvalue weighted by Gasteiger charge is -2.27. The fraction of sp³-hybridized carbons (Fsp3) is 0.312. The van der Waals surface area contributed by atoms with Gasteiger partial charge in [-0.2, -0.15) is 5.10 Å². The fourth-order valence-corrected chi connectivity index (χ4v) is 3.13. The molecule has 0 saturated heterocycles. The summed E-state index contributed by atoms with van der Waals surface area (Å²) in [7, 11) is 0. The first-order chi connectivity index (χ1) is 11.5. The Morgan fingerprint density at radius 2 is 1.96 bits per heavy atom. The molecule has 1 aliphatic heterocycles. The van der Waals surface area contributed by atoms with E-state index in [-0.39, 0.29) is 30.4 Å². The second-order valence-electron chi connectivity index (χ2n) is 5.47. The van der Waals surface area contributed by atoms with Crippen molar-refractivity contribution < 1.29 is 14.7 Å². The maximum atomic E-state index is 12.1. The molecule has 24 heavy (non-hydrogen) atoms. The van der Waals surface area contributed by atoms with Gasteiger partial charge in [-0.05, 0) is 24.3 Å². The van der Waals surface area contributed by atoms with Crippen LogP contribution in [0.25, 0.3) is 5.69 Å². The number of hydrogen-bond acceptors (Lipinski definition) is 3. The average molecular weight is 368 g/mol. The first-order valence-electron chi connectivity index (χ1n) is 7.45. The minimum absolute atomic E-state index is 0.0247. The summed E-state index contributed by atoms with van der Waals surface area (Å²) in [6.45, 7) is 0.751. The maximum Gasteiger partial charge on any atom is 0.356 e. The van der Waals surface area contributed by atoms with E-state index < -0.39 is 5.97 Å². The number of nitrogens with zero attached hydrogens (tertiary/aromatic N) is 3. The van der Waals surface area contributed by atoms with Gasteiger partial charge in [0.05, 0.1) is 11.4 Å². The zero-order valence-electron chi connectivity index (χ0n) is 12.7. The first kappa shape index (κ1) is 16.8. The first-order valence-corrected chi connectivity index (χ1v) is 8.36. The van der Waals surface area contributed by atoms with Crippen LogP contribution in [0.5, 0.6) is 0 Å². The summed E-state index contributed by atoms with van der Waals surface area (Å²) < 4.78 is 1.62. The number of carboxylic acids is 1. The standard InChI is InChI=1S/C16H15Cl2N3O3/c17-7-5-14(22)20-8-6-13-12(9-20)15(16(23)24)19-21(13)11-3-1-10(18)2-4-11/h1-4H,5-9H2,(H,23,24). The van der Waals surface area contributed by atoms with E-state index in [0.717, 1.165) is 11.4 Å². The summed E-state index contributed by atoms with van der Waals surface area (Å²) in [5, 5.41) is 14.3. The van der Waals surface area contributed by atoms with Crippen LogP contribution in [0.1, 0.15) is 28.2 Å². The Morgan fingerprint density at radius 3 is 2.58 bits per heavy atom. The molecular weight excluding hydrogens is 353 g/mol. The third-order valence-corrected chi connectivity index (χ3v) is 4.43. The zero-order chi connectivity index (χ0) is 17.3. The van der Waals surface area contributed by atoms with Crippen molar-refractivity contribution in [2.45, 2.75) is 19.4 Å². The van der Waals surface area contributed by atoms with Crippen LogP contribution in [-0.2, 0) is 17.8 Å². The second-order valence-corrected chi connectivity index (χ2v) is 6.29. The van der Waals surface area contributed by atoms with Crippen molar-refractivity contribution in [1.29, 1.82) is 0 Å². The summed E-state index contributed by atoms with van der Waals surface area (Å²) in [5.74, 6) is -0.935. The normalized spacial score (nSPS) is 13.7. The van der Waals surface area contributed by atoms with E-state index in [4.69, 9.17) is 23.2 Å². The Kier molecular flexibility index (Phi) is 4.78. The predicted molar refractivity (Wildman–Crippen MR) is 90.0 cm³/mol. The average Bonchev–Trinajstić information content (AvgIpc) is 2.95. The molecule has 1 aromatic heterocycles. The summed E-state index contributed by atoms with van der Waals surface area (Å²) >= 11 is 11.5. The van der Waals surface area contributed by atoms with Gasteiger partial charge in [0, 0.05) is 42.4 Å². The molecule has 1 aromatic carbocycles. The molecule has 126 valence electrons. The van der Waals surface area contributed by atoms with E-state index in [9.17, 15) is 14.7 Å². The van der Waals surface area contributed by atoms with Crippen molar-refractivity contribution in [3.63, 3.8) is 0 Å². The van der Waals surface area contributed by atoms with Crippen LogP contribution in [0, 0.1) is 0 Å². The van der Waals surface area contributed by atoms with Gasteiger partial charge in [0.25, 0.3) is 0 Å². The number of hydrogen-bond donors (Lipinski definition) is 1. The minimum atomic E-state index is -1.11. The SMILES string of the molecule is O=C(O)c1nn(-c2ccc(Cl)cc2)c2c1CN(C(=O)CCCl)CC2. The van der Waals surface area contributed by atoms with Crippen molar-refractivity contribution in [1.82, 2.24) is 14.7 Å². The number of carbonyl (C=O) groups excluding carboxylic acids is 1. The number of carboxylic acid groups (broad SMARTS) is 1. The monoisotopic (exact) mass is 367 g/mol. The molecule has 6 nitrogen and oxygen atoms in total. The molecule has 1 amide bonds. The minimum Gasteiger partial charge on any atom is -0.476 e. The second kappa shape index (κ2) is 6.83. The lowest BCUT2D eigenvalue weighted by Crippen LogP contribution is -2.36. The number of carbonyl (C=O) groups is 2. The number of halogens is 2. The molecule has 0 fully saturated rings. The van der Waals surface area contributed by atoms with Crippen molar-refractivity contribution in [2.75, 3.05) is 12.4 Å². The number of aromatic carboxylic acids is 1. The Bertz CT molecular complexity index is 787. The van der Waals surface area contributed by atoms with E-state index in [1.165, 1.54) is 0 Å². The number of aromatic nitrogens is 2. The van der Waals surface area contributed by atoms with Crippen molar-refractivity contribution in [3.8, 4) is 5.69 Å². The number of alkyl halides is 1. The molecule has 0 unspecified atom stereocenters. The van der Waals surface area contributed by atoms with Gasteiger partial charge in [0.2, 0.25) is 5.91 Å². The molecule has 0 bridgehead atoms. The molecule has 2 aromatic rings. The fourth-order valence-electron chi connectivity index (χ4n) is 2.84. The zero-order valence-corrected chi connectivity index (χ0v) is 14.2. The van der Waals surface area contributed by atoms with Gasteiger partial charge in [-0.25, -0.2) is 9.48 Å². The van der Waals surface area contributed by atoms with E-state index in [0.29, 0.717) is 23.6 Å². The molecule has 0 saturated carbocycles. The Hall–Kier alpha value is -2.05. The van der Waals surface area contributed by atoms with Crippen LogP contribution in [0.4, 0.5) is 0 Å². The molecule has 3 rings (SSSR count). The highest BCUT2D eigenvalue weighted by atomic mass is 35.5. The van der Waals surface area contributed by atoms with E-state index >= 15 is 0 Å². The molecule has 0 aliphatic carbocycles. The lowest BCUT2D eigenvalue weighted by atomic mass is 10.0. The van der Waals surface area contributed by atoms with Crippen LogP contribution in [0.15, 0.2) is 24.3 Å². The highest BCUT2D eigenvalue weighted by Gasteiger charge is 2.30. The summed E-state index contributed by atoms with van der Waals surface area (Å²) in [6.07, 6.45) is 0.775. The maximum absolute atomic E-state index is 12.1. The molecule has 1 N–H and O–H groups in total. The number of rotatable bonds is 4. The quantitative estimate of drug-likeness (QED) is 0.843. The van der Waals surface area contributed by atoms with E-state index in [2.05, 4.69) is 5.10 Å². The largest absolute Gasteiger partial charge is 0.476 e. The summed E-state index contributed by atoms with van der Waals surface area (Å²) in [5.41, 5.74) is 2.10. The lowest BCUT2D eigenvalue weighted by molar-refractivity contribution is -0.131. The van der Waals surface area contributed by atoms with Crippen LogP contribution >= 0.6 is 23.2 Å². The highest BCUT2D eigenvalue weighted by Crippen LogP contribution is 2.26. The molecule has 0 spiro atoms. The van der Waals surface area contributed by atoms with Gasteiger partial charge < -0.3 is 10.0 Å². The van der Waals surface area contributed by atoms with Gasteiger partial charge >= 0.3 is 5.97 Å². The molecule has 8 heteroatoms. The third kappa shape index (κ3) is 3.12. The Labute approximate surface area is 148 Å². The van der Waals surface area contributed by atoms with E-state index in [1.807, 2.05) is 0 Å². The molecule has 0 atom stereocenters. The predicted octanol–water partition coefficient (Wildman–Crippen LogP) is 2.74. The van der Waals surface area contributed by atoms with Crippen LogP contribution in [0.3, 0.4) is 0 Å². The van der Waals surface area contributed by atoms with Gasteiger partial charge in [0.1, 0.15) is 0 Å². The highest BCUT2D eigenvalue weighted by molar-refractivity contribution is 6.30. The number of fused-ring (bicyclic) bond motifs is 1. The molecule has 2 heterocycles. The Morgan fingerprint density at radius 1 is 1.25 bits per heavy atom. The van der Waals surface area contributed by atoms with Gasteiger partial charge in [-0.15, -0.1) is 11.6 Å². The van der Waals surface area contributed by atoms with Crippen molar-refractivity contribution in [3.05, 3.63) is 46.2 Å². The Balaban J connectivity index is 2.01. The topological polar surface area (TPSA) is 75.4 Å². The third-order valence-electron chi connectivity index (χ3n) is 3.99. The molecular formula is C16H15Cl2N3O3. The van der Waals surface area contributed by atoms with Crippen molar-refractivity contribution >= 4 is 35.1 Å². The molecule has 1 aliphatic rings. The number of amides is 1. The van der Waals surface area contributed by atoms with Crippen LogP contribution in [-0.4, -0.2) is 44.1 Å². The number of benzene rings is 1. The van der Waals surface area contributed by atoms with Gasteiger partial charge in [-0.3, -0.25) is 4.79 Å². The van der Waals surface area contributed by atoms with E-state index in [1.54, 1.807) is 33.8 Å². The summed E-state index contributed by atoms with van der Waals surface area (Å²) in [6, 6.07) is 7.02. The van der Waals surface area contributed by atoms with Gasteiger partial charge in [0.15, 0.2) is 5.69 Å². The van der Waals surface area contributed by atoms with Crippen LogP contribution in [0.2, 0.25) is 5.02 Å².